The molecule has 4 heteroatoms. The van der Waals surface area contributed by atoms with Gasteiger partial charge in [0.2, 0.25) is 0 Å². The Kier molecular flexibility index (Phi) is 21.9. The summed E-state index contributed by atoms with van der Waals surface area (Å²) >= 11 is 0. The molecule has 0 heterocycles. The molecule has 0 aliphatic heterocycles. The zero-order valence-corrected chi connectivity index (χ0v) is 22.7. The maximum absolute atomic E-state index is 12.0. The molecule has 186 valence electrons. The second kappa shape index (κ2) is 21.8. The minimum atomic E-state index is -0.465. The van der Waals surface area contributed by atoms with Gasteiger partial charge in [0.15, 0.2) is 5.52 Å². The van der Waals surface area contributed by atoms with Crippen LogP contribution in [0.25, 0.3) is 0 Å². The highest BCUT2D eigenvalue weighted by Gasteiger charge is 2.18. The number of nitrogens with zero attached hydrogens (tertiary/aromatic N) is 1. The van der Waals surface area contributed by atoms with E-state index in [0.717, 1.165) is 6.42 Å². The molecule has 0 amide bonds. The van der Waals surface area contributed by atoms with E-state index in [4.69, 9.17) is 0 Å². The molecule has 0 rings (SSSR count). The highest BCUT2D eigenvalue weighted by atomic mass is 31.1. The van der Waals surface area contributed by atoms with E-state index >= 15 is 0 Å². The molecule has 0 bridgehead atoms. The molecule has 0 aliphatic rings. The molecule has 2 atom stereocenters. The van der Waals surface area contributed by atoms with Crippen molar-refractivity contribution in [3.63, 3.8) is 0 Å². The number of carbonyl (C=O) groups is 1. The number of unbranched alkanes of at least 4 members (excludes halogenated alkanes) is 18. The molecular formula is C27H57NO2P+. The molecule has 0 spiro atoms. The summed E-state index contributed by atoms with van der Waals surface area (Å²) in [5.41, 5.74) is 0.257. The van der Waals surface area contributed by atoms with Gasteiger partial charge in [0, 0.05) is 6.42 Å². The van der Waals surface area contributed by atoms with Crippen LogP contribution in [-0.2, 0) is 4.79 Å². The summed E-state index contributed by atoms with van der Waals surface area (Å²) in [6.07, 6.45) is 26.8. The Bertz CT molecular complexity index is 395. The lowest BCUT2D eigenvalue weighted by atomic mass is 10.0. The fourth-order valence-electron chi connectivity index (χ4n) is 4.19. The van der Waals surface area contributed by atoms with Crippen LogP contribution >= 0.6 is 8.58 Å². The average molecular weight is 459 g/mol. The van der Waals surface area contributed by atoms with Crippen LogP contribution in [0.4, 0.5) is 0 Å². The largest absolute Gasteiger partial charge is 0.383 e. The van der Waals surface area contributed by atoms with Crippen molar-refractivity contribution >= 4 is 14.1 Å². The third-order valence-corrected chi connectivity index (χ3v) is 7.14. The van der Waals surface area contributed by atoms with E-state index in [1.807, 2.05) is 0 Å². The lowest BCUT2D eigenvalue weighted by Gasteiger charge is -2.26. The molecule has 0 saturated heterocycles. The third kappa shape index (κ3) is 26.2. The van der Waals surface area contributed by atoms with Gasteiger partial charge in [-0.05, 0) is 15.0 Å². The zero-order chi connectivity index (χ0) is 23.2. The lowest BCUT2D eigenvalue weighted by molar-refractivity contribution is -0.871. The van der Waals surface area contributed by atoms with Crippen LogP contribution in [-0.4, -0.2) is 48.6 Å². The van der Waals surface area contributed by atoms with Gasteiger partial charge in [-0.3, -0.25) is 4.79 Å². The summed E-state index contributed by atoms with van der Waals surface area (Å²) in [6, 6.07) is 0. The van der Waals surface area contributed by atoms with E-state index in [0.29, 0.717) is 17.4 Å². The van der Waals surface area contributed by atoms with E-state index in [2.05, 4.69) is 28.1 Å². The molecule has 31 heavy (non-hydrogen) atoms. The van der Waals surface area contributed by atoms with Crippen molar-refractivity contribution in [3.05, 3.63) is 0 Å². The lowest BCUT2D eigenvalue weighted by Crippen LogP contribution is -2.40. The van der Waals surface area contributed by atoms with E-state index in [1.165, 1.54) is 116 Å². The quantitative estimate of drug-likeness (QED) is 0.0902. The standard InChI is InChI=1S/C27H57NO2P/c1-5-6-7-8-9-10-11-12-13-14-15-16-17-18-19-20-21-22-23-24-26(29)31-27(30)25-28(2,3)4/h27,30-31H,5-25H2,1-4H3/q+1. The van der Waals surface area contributed by atoms with Gasteiger partial charge in [0.05, 0.1) is 21.1 Å². The third-order valence-electron chi connectivity index (χ3n) is 6.06. The fraction of sp³-hybridized carbons (Fsp3) is 0.963. The SMILES string of the molecule is CCCCCCCCCCCCCCCCCCCCCC(=O)PC(O)C[N+](C)(C)C. The number of quaternary nitrogens is 1. The van der Waals surface area contributed by atoms with Gasteiger partial charge < -0.3 is 9.59 Å². The number of hydrogen-bond donors (Lipinski definition) is 1. The molecule has 0 fully saturated rings. The first-order valence-electron chi connectivity index (χ1n) is 13.6. The average Bonchev–Trinajstić information content (AvgIpc) is 2.68. The molecule has 3 nitrogen and oxygen atoms in total. The van der Waals surface area contributed by atoms with Crippen molar-refractivity contribution in [2.75, 3.05) is 27.7 Å². The van der Waals surface area contributed by atoms with Crippen LogP contribution in [0.1, 0.15) is 135 Å². The normalized spacial score (nSPS) is 13.3. The Labute approximate surface area is 197 Å². The Balaban J connectivity index is 3.22. The predicted molar refractivity (Wildman–Crippen MR) is 140 cm³/mol. The summed E-state index contributed by atoms with van der Waals surface area (Å²) < 4.78 is 0.709. The maximum atomic E-state index is 12.0. The first-order chi connectivity index (χ1) is 14.8. The van der Waals surface area contributed by atoms with Gasteiger partial charge in [-0.1, -0.05) is 122 Å². The molecule has 1 N–H and O–H groups in total. The summed E-state index contributed by atoms with van der Waals surface area (Å²) in [7, 11) is 6.22. The molecule has 0 radical (unpaired) electrons. The van der Waals surface area contributed by atoms with Gasteiger partial charge in [0.25, 0.3) is 0 Å². The minimum absolute atomic E-state index is 0.0648. The highest BCUT2D eigenvalue weighted by Crippen LogP contribution is 2.23. The van der Waals surface area contributed by atoms with E-state index < -0.39 is 5.85 Å². The van der Waals surface area contributed by atoms with Crippen molar-refractivity contribution in [3.8, 4) is 0 Å². The first kappa shape index (κ1) is 31.0. The maximum Gasteiger partial charge on any atom is 0.154 e. The molecular weight excluding hydrogens is 401 g/mol. The van der Waals surface area contributed by atoms with Crippen LogP contribution in [0.15, 0.2) is 0 Å². The number of hydrogen-bond acceptors (Lipinski definition) is 2. The van der Waals surface area contributed by atoms with Crippen LogP contribution in [0, 0.1) is 0 Å². The molecule has 0 saturated carbocycles. The van der Waals surface area contributed by atoms with Gasteiger partial charge in [-0.25, -0.2) is 0 Å². The smallest absolute Gasteiger partial charge is 0.154 e. The van der Waals surface area contributed by atoms with Crippen molar-refractivity contribution in [1.29, 1.82) is 0 Å². The van der Waals surface area contributed by atoms with Gasteiger partial charge >= 0.3 is 0 Å². The van der Waals surface area contributed by atoms with Crippen molar-refractivity contribution in [1.82, 2.24) is 0 Å². The van der Waals surface area contributed by atoms with Crippen molar-refractivity contribution in [2.45, 2.75) is 141 Å². The Morgan fingerprint density at radius 2 is 0.968 bits per heavy atom. The number of aliphatic hydroxyl groups is 1. The van der Waals surface area contributed by atoms with E-state index in [9.17, 15) is 9.90 Å². The van der Waals surface area contributed by atoms with Crippen LogP contribution < -0.4 is 0 Å². The molecule has 0 aromatic rings. The van der Waals surface area contributed by atoms with E-state index in [-0.39, 0.29) is 14.1 Å². The second-order valence-corrected chi connectivity index (χ2v) is 12.2. The van der Waals surface area contributed by atoms with Crippen LogP contribution in [0.3, 0.4) is 0 Å². The van der Waals surface area contributed by atoms with Crippen molar-refractivity contribution < 1.29 is 14.4 Å². The topological polar surface area (TPSA) is 37.3 Å². The number of aliphatic hydroxyl groups excluding tert-OH is 1. The summed E-state index contributed by atoms with van der Waals surface area (Å²) in [6.45, 7) is 2.94. The van der Waals surface area contributed by atoms with E-state index in [1.54, 1.807) is 0 Å². The molecule has 0 aromatic heterocycles. The number of carbonyl (C=O) groups excluding carboxylic acids is 1. The Morgan fingerprint density at radius 3 is 1.29 bits per heavy atom. The number of rotatable bonds is 24. The molecule has 0 aliphatic carbocycles. The van der Waals surface area contributed by atoms with Gasteiger partial charge in [0.1, 0.15) is 12.4 Å². The first-order valence-corrected chi connectivity index (χ1v) is 14.7. The predicted octanol–water partition coefficient (Wildman–Crippen LogP) is 8.04. The summed E-state index contributed by atoms with van der Waals surface area (Å²) in [5, 5.41) is 9.99. The second-order valence-electron chi connectivity index (χ2n) is 10.7. The van der Waals surface area contributed by atoms with Crippen LogP contribution in [0.2, 0.25) is 0 Å². The molecule has 2 unspecified atom stereocenters. The van der Waals surface area contributed by atoms with Gasteiger partial charge in [-0.15, -0.1) is 0 Å². The summed E-state index contributed by atoms with van der Waals surface area (Å²) in [4.78, 5) is 12.0. The fourth-order valence-corrected chi connectivity index (χ4v) is 5.52. The molecule has 0 aromatic carbocycles. The van der Waals surface area contributed by atoms with Crippen LogP contribution in [0.5, 0.6) is 0 Å². The number of likely N-dealkylation sites (N-methyl/N-ethyl adjacent to an activating group) is 1. The monoisotopic (exact) mass is 458 g/mol. The summed E-state index contributed by atoms with van der Waals surface area (Å²) in [5.74, 6) is -0.465. The minimum Gasteiger partial charge on any atom is -0.383 e. The zero-order valence-electron chi connectivity index (χ0n) is 21.7. The Morgan fingerprint density at radius 1 is 0.645 bits per heavy atom. The van der Waals surface area contributed by atoms with Crippen molar-refractivity contribution in [2.24, 2.45) is 0 Å². The highest BCUT2D eigenvalue weighted by molar-refractivity contribution is 7.58. The Hall–Kier alpha value is 0.0200. The van der Waals surface area contributed by atoms with Gasteiger partial charge in [-0.2, -0.15) is 0 Å².